The fourth-order valence-electron chi connectivity index (χ4n) is 2.49. The summed E-state index contributed by atoms with van der Waals surface area (Å²) in [5, 5.41) is 2.45. The number of benzene rings is 1. The number of carbonyl (C=O) groups is 2. The zero-order valence-corrected chi connectivity index (χ0v) is 10.8. The summed E-state index contributed by atoms with van der Waals surface area (Å²) in [5.41, 5.74) is 0.880. The lowest BCUT2D eigenvalue weighted by molar-refractivity contribution is -0.112. The third-order valence-electron chi connectivity index (χ3n) is 3.64. The molecule has 1 amide bonds. The Morgan fingerprint density at radius 1 is 1.19 bits per heavy atom. The molecule has 0 aliphatic carbocycles. The summed E-state index contributed by atoms with van der Waals surface area (Å²) in [6.07, 6.45) is -3.18. The molecule has 2 aliphatic rings. The van der Waals surface area contributed by atoms with Gasteiger partial charge in [-0.2, -0.15) is 13.2 Å². The van der Waals surface area contributed by atoms with E-state index in [1.807, 2.05) is 0 Å². The molecule has 1 aromatic carbocycles. The molecule has 0 aromatic heterocycles. The molecule has 110 valence electrons. The molecule has 21 heavy (non-hydrogen) atoms. The number of nitrogens with one attached hydrogen (secondary N) is 1. The molecular weight excluding hydrogens is 285 g/mol. The summed E-state index contributed by atoms with van der Waals surface area (Å²) >= 11 is 0. The molecule has 0 saturated heterocycles. The van der Waals surface area contributed by atoms with E-state index in [0.29, 0.717) is 16.9 Å². The van der Waals surface area contributed by atoms with E-state index in [1.54, 1.807) is 17.0 Å². The largest absolute Gasteiger partial charge is 0.412 e. The van der Waals surface area contributed by atoms with Crippen molar-refractivity contribution in [2.45, 2.75) is 12.6 Å². The Kier molecular flexibility index (Phi) is 3.00. The number of amides is 1. The lowest BCUT2D eigenvalue weighted by Gasteiger charge is -2.29. The van der Waals surface area contributed by atoms with Crippen LogP contribution >= 0.6 is 0 Å². The fraction of sp³-hybridized carbons (Fsp3) is 0.286. The molecule has 3 rings (SSSR count). The van der Waals surface area contributed by atoms with Crippen LogP contribution in [0.1, 0.15) is 16.8 Å². The number of carbonyl (C=O) groups excluding carboxylic acids is 2. The second-order valence-electron chi connectivity index (χ2n) is 4.94. The van der Waals surface area contributed by atoms with Crippen LogP contribution in [0.4, 0.5) is 24.5 Å². The predicted octanol–water partition coefficient (Wildman–Crippen LogP) is 2.52. The lowest BCUT2D eigenvalue weighted by atomic mass is 10.1. The number of Topliss-reactive ketones (excluding diaryl/α,β-unsaturated/α-hetero) is 1. The van der Waals surface area contributed by atoms with Gasteiger partial charge in [-0.1, -0.05) is 6.08 Å². The molecule has 1 N–H and O–H groups in total. The topological polar surface area (TPSA) is 49.4 Å². The van der Waals surface area contributed by atoms with E-state index in [4.69, 9.17) is 0 Å². The van der Waals surface area contributed by atoms with Crippen LogP contribution in [0.25, 0.3) is 0 Å². The molecule has 7 heteroatoms. The average Bonchev–Trinajstić information content (AvgIpc) is 2.73. The van der Waals surface area contributed by atoms with Crippen LogP contribution in [0, 0.1) is 0 Å². The van der Waals surface area contributed by atoms with Crippen molar-refractivity contribution in [2.75, 3.05) is 23.3 Å². The summed E-state index contributed by atoms with van der Waals surface area (Å²) < 4.78 is 37.7. The maximum absolute atomic E-state index is 12.6. The van der Waals surface area contributed by atoms with Gasteiger partial charge in [0.2, 0.25) is 0 Å². The minimum absolute atomic E-state index is 0.0775. The Labute approximate surface area is 118 Å². The molecule has 0 saturated carbocycles. The molecule has 2 aliphatic heterocycles. The molecular formula is C14H11F3N2O2. The third kappa shape index (κ3) is 2.39. The monoisotopic (exact) mass is 296 g/mol. The second kappa shape index (κ2) is 4.61. The number of nitrogens with zero attached hydrogens (tertiary/aromatic N) is 1. The normalized spacial score (nSPS) is 18.4. The average molecular weight is 296 g/mol. The smallest absolute Gasteiger partial charge is 0.367 e. The molecule has 0 bridgehead atoms. The van der Waals surface area contributed by atoms with Gasteiger partial charge in [-0.3, -0.25) is 9.59 Å². The number of fused-ring (bicyclic) bond motifs is 1. The van der Waals surface area contributed by atoms with Gasteiger partial charge in [-0.25, -0.2) is 0 Å². The summed E-state index contributed by atoms with van der Waals surface area (Å²) in [7, 11) is 0. The van der Waals surface area contributed by atoms with Crippen molar-refractivity contribution in [1.82, 2.24) is 0 Å². The van der Waals surface area contributed by atoms with Crippen LogP contribution in [-0.4, -0.2) is 31.0 Å². The number of rotatable bonds is 1. The predicted molar refractivity (Wildman–Crippen MR) is 70.4 cm³/mol. The van der Waals surface area contributed by atoms with Gasteiger partial charge in [-0.15, -0.1) is 0 Å². The number of anilines is 2. The van der Waals surface area contributed by atoms with Crippen molar-refractivity contribution < 1.29 is 22.8 Å². The summed E-state index contributed by atoms with van der Waals surface area (Å²) in [6, 6.07) is 4.78. The zero-order valence-electron chi connectivity index (χ0n) is 10.8. The Balaban J connectivity index is 1.82. The zero-order chi connectivity index (χ0) is 15.2. The fourth-order valence-corrected chi connectivity index (χ4v) is 2.49. The van der Waals surface area contributed by atoms with Gasteiger partial charge in [0.15, 0.2) is 0 Å². The van der Waals surface area contributed by atoms with Crippen molar-refractivity contribution >= 4 is 23.1 Å². The second-order valence-corrected chi connectivity index (χ2v) is 4.94. The molecule has 0 atom stereocenters. The van der Waals surface area contributed by atoms with Gasteiger partial charge in [0, 0.05) is 24.4 Å². The minimum Gasteiger partial charge on any atom is -0.367 e. The first-order valence-electron chi connectivity index (χ1n) is 6.37. The highest BCUT2D eigenvalue weighted by atomic mass is 19.4. The summed E-state index contributed by atoms with van der Waals surface area (Å²) in [6.45, 7) is 0.390. The van der Waals surface area contributed by atoms with Crippen LogP contribution in [0.15, 0.2) is 29.8 Å². The van der Waals surface area contributed by atoms with Crippen molar-refractivity contribution in [2.24, 2.45) is 0 Å². The first kappa shape index (κ1) is 13.7. The SMILES string of the molecule is O=C1Nc2cc(N3CC=C(C(F)(F)F)CC3)ccc2C1=O. The quantitative estimate of drug-likeness (QED) is 0.640. The molecule has 0 radical (unpaired) electrons. The van der Waals surface area contributed by atoms with Crippen molar-refractivity contribution in [3.63, 3.8) is 0 Å². The number of ketones is 1. The standard InChI is InChI=1S/C14H11F3N2O2/c15-14(16,17)8-3-5-19(6-4-8)9-1-2-10-11(7-9)18-13(21)12(10)20/h1-3,7H,4-6H2,(H,18,20,21). The first-order chi connectivity index (χ1) is 9.86. The maximum Gasteiger partial charge on any atom is 0.412 e. The Morgan fingerprint density at radius 3 is 2.57 bits per heavy atom. The van der Waals surface area contributed by atoms with E-state index < -0.39 is 23.4 Å². The van der Waals surface area contributed by atoms with Crippen LogP contribution in [0.5, 0.6) is 0 Å². The molecule has 0 spiro atoms. The molecule has 1 aromatic rings. The Morgan fingerprint density at radius 2 is 1.95 bits per heavy atom. The van der Waals surface area contributed by atoms with Crippen LogP contribution in [-0.2, 0) is 4.79 Å². The van der Waals surface area contributed by atoms with Crippen LogP contribution in [0.3, 0.4) is 0 Å². The van der Waals surface area contributed by atoms with Gasteiger partial charge in [-0.05, 0) is 24.6 Å². The minimum atomic E-state index is -4.27. The van der Waals surface area contributed by atoms with Gasteiger partial charge in [0.25, 0.3) is 11.7 Å². The first-order valence-corrected chi connectivity index (χ1v) is 6.37. The van der Waals surface area contributed by atoms with Crippen LogP contribution in [0.2, 0.25) is 0 Å². The van der Waals surface area contributed by atoms with Crippen molar-refractivity contribution in [3.8, 4) is 0 Å². The van der Waals surface area contributed by atoms with E-state index in [1.165, 1.54) is 12.1 Å². The van der Waals surface area contributed by atoms with E-state index in [-0.39, 0.29) is 19.5 Å². The Bertz CT molecular complexity index is 665. The van der Waals surface area contributed by atoms with E-state index >= 15 is 0 Å². The highest BCUT2D eigenvalue weighted by molar-refractivity contribution is 6.51. The van der Waals surface area contributed by atoms with Gasteiger partial charge in [0.1, 0.15) is 0 Å². The number of hydrogen-bond acceptors (Lipinski definition) is 3. The van der Waals surface area contributed by atoms with Crippen LogP contribution < -0.4 is 10.2 Å². The molecule has 0 fully saturated rings. The summed E-state index contributed by atoms with van der Waals surface area (Å²) in [5.74, 6) is -1.27. The van der Waals surface area contributed by atoms with E-state index in [2.05, 4.69) is 5.32 Å². The van der Waals surface area contributed by atoms with Gasteiger partial charge >= 0.3 is 6.18 Å². The third-order valence-corrected chi connectivity index (χ3v) is 3.64. The van der Waals surface area contributed by atoms with Gasteiger partial charge in [0.05, 0.1) is 11.3 Å². The van der Waals surface area contributed by atoms with Crippen molar-refractivity contribution in [1.29, 1.82) is 0 Å². The molecule has 2 heterocycles. The lowest BCUT2D eigenvalue weighted by Crippen LogP contribution is -2.31. The molecule has 0 unspecified atom stereocenters. The molecule has 4 nitrogen and oxygen atoms in total. The number of alkyl halides is 3. The van der Waals surface area contributed by atoms with Gasteiger partial charge < -0.3 is 10.2 Å². The highest BCUT2D eigenvalue weighted by Gasteiger charge is 2.35. The summed E-state index contributed by atoms with van der Waals surface area (Å²) in [4.78, 5) is 24.5. The Hall–Kier alpha value is -2.31. The number of hydrogen-bond donors (Lipinski definition) is 1. The number of halogens is 3. The van der Waals surface area contributed by atoms with E-state index in [9.17, 15) is 22.8 Å². The highest BCUT2D eigenvalue weighted by Crippen LogP contribution is 2.33. The maximum atomic E-state index is 12.6. The van der Waals surface area contributed by atoms with Crippen molar-refractivity contribution in [3.05, 3.63) is 35.4 Å². The van der Waals surface area contributed by atoms with E-state index in [0.717, 1.165) is 0 Å².